The Bertz CT molecular complexity index is 486. The summed E-state index contributed by atoms with van der Waals surface area (Å²) in [4.78, 5) is 0. The zero-order valence-electron chi connectivity index (χ0n) is 12.3. The lowest BCUT2D eigenvalue weighted by Crippen LogP contribution is -2.32. The first-order chi connectivity index (χ1) is 8.76. The summed E-state index contributed by atoms with van der Waals surface area (Å²) in [5.41, 5.74) is 0.946. The number of nitrogens with zero attached hydrogens (tertiary/aromatic N) is 2. The molecule has 0 saturated carbocycles. The van der Waals surface area contributed by atoms with Crippen LogP contribution in [-0.2, 0) is 22.9 Å². The minimum absolute atomic E-state index is 0.125. The second-order valence-corrected chi connectivity index (χ2v) is 8.54. The average Bonchev–Trinajstić information content (AvgIpc) is 2.73. The van der Waals surface area contributed by atoms with Crippen molar-refractivity contribution >= 4 is 9.84 Å². The van der Waals surface area contributed by atoms with Gasteiger partial charge in [-0.25, -0.2) is 8.42 Å². The van der Waals surface area contributed by atoms with E-state index in [0.29, 0.717) is 6.54 Å². The van der Waals surface area contributed by atoms with Gasteiger partial charge < -0.3 is 5.32 Å². The van der Waals surface area contributed by atoms with E-state index >= 15 is 0 Å². The van der Waals surface area contributed by atoms with E-state index < -0.39 is 14.6 Å². The van der Waals surface area contributed by atoms with E-state index in [1.165, 1.54) is 0 Å². The van der Waals surface area contributed by atoms with E-state index in [2.05, 4.69) is 17.3 Å². The maximum Gasteiger partial charge on any atom is 0.157 e. The monoisotopic (exact) mass is 287 g/mol. The molecule has 19 heavy (non-hydrogen) atoms. The van der Waals surface area contributed by atoms with E-state index in [0.717, 1.165) is 25.2 Å². The molecular formula is C13H25N3O2S. The number of nitrogens with one attached hydrogen (secondary N) is 1. The van der Waals surface area contributed by atoms with E-state index in [-0.39, 0.29) is 5.75 Å². The largest absolute Gasteiger partial charge is 0.311 e. The van der Waals surface area contributed by atoms with Crippen molar-refractivity contribution in [2.75, 3.05) is 12.3 Å². The average molecular weight is 287 g/mol. The Hall–Kier alpha value is -0.880. The predicted octanol–water partition coefficient (Wildman–Crippen LogP) is 1.60. The molecule has 0 aliphatic carbocycles. The predicted molar refractivity (Wildman–Crippen MR) is 77.8 cm³/mol. The number of hydrogen-bond donors (Lipinski definition) is 1. The highest BCUT2D eigenvalue weighted by Gasteiger charge is 2.28. The summed E-state index contributed by atoms with van der Waals surface area (Å²) in [5.74, 6) is 0.125. The quantitative estimate of drug-likeness (QED) is 0.774. The third-order valence-corrected chi connectivity index (χ3v) is 5.54. The standard InChI is InChI=1S/C13H25N3O2S/c1-5-7-14-11-12-6-8-16(15-12)9-10-19(17,18)13(2,3)4/h6,8,14H,5,7,9-11H2,1-4H3. The summed E-state index contributed by atoms with van der Waals surface area (Å²) >= 11 is 0. The zero-order valence-corrected chi connectivity index (χ0v) is 13.1. The van der Waals surface area contributed by atoms with E-state index in [1.54, 1.807) is 25.5 Å². The van der Waals surface area contributed by atoms with Crippen LogP contribution in [0.25, 0.3) is 0 Å². The Kier molecular flexibility index (Phi) is 5.55. The Morgan fingerprint density at radius 3 is 2.63 bits per heavy atom. The topological polar surface area (TPSA) is 64.0 Å². The minimum atomic E-state index is -3.08. The lowest BCUT2D eigenvalue weighted by Gasteiger charge is -2.18. The summed E-state index contributed by atoms with van der Waals surface area (Å²) in [6.45, 7) is 9.40. The van der Waals surface area contributed by atoms with Crippen molar-refractivity contribution in [3.63, 3.8) is 0 Å². The third kappa shape index (κ3) is 4.95. The summed E-state index contributed by atoms with van der Waals surface area (Å²) in [7, 11) is -3.08. The Morgan fingerprint density at radius 2 is 2.05 bits per heavy atom. The zero-order chi connectivity index (χ0) is 14.5. The maximum atomic E-state index is 12.0. The molecule has 1 aromatic heterocycles. The summed E-state index contributed by atoms with van der Waals surface area (Å²) < 4.78 is 25.0. The van der Waals surface area contributed by atoms with Crippen LogP contribution in [0, 0.1) is 0 Å². The normalized spacial score (nSPS) is 12.8. The van der Waals surface area contributed by atoms with Crippen LogP contribution in [0.15, 0.2) is 12.3 Å². The van der Waals surface area contributed by atoms with E-state index in [4.69, 9.17) is 0 Å². The van der Waals surface area contributed by atoms with Crippen molar-refractivity contribution in [3.8, 4) is 0 Å². The highest BCUT2D eigenvalue weighted by molar-refractivity contribution is 7.92. The SMILES string of the molecule is CCCNCc1ccn(CCS(=O)(=O)C(C)(C)C)n1. The van der Waals surface area contributed by atoms with Crippen molar-refractivity contribution in [3.05, 3.63) is 18.0 Å². The van der Waals surface area contributed by atoms with Gasteiger partial charge in [0.05, 0.1) is 22.7 Å². The van der Waals surface area contributed by atoms with Crippen LogP contribution in [0.4, 0.5) is 0 Å². The first-order valence-corrected chi connectivity index (χ1v) is 8.37. The van der Waals surface area contributed by atoms with Crippen LogP contribution in [0.2, 0.25) is 0 Å². The lowest BCUT2D eigenvalue weighted by atomic mass is 10.3. The highest BCUT2D eigenvalue weighted by atomic mass is 32.2. The second-order valence-electron chi connectivity index (χ2n) is 5.68. The Morgan fingerprint density at radius 1 is 1.37 bits per heavy atom. The first kappa shape index (κ1) is 16.2. The molecule has 0 radical (unpaired) electrons. The van der Waals surface area contributed by atoms with Gasteiger partial charge in [0.2, 0.25) is 0 Å². The maximum absolute atomic E-state index is 12.0. The Labute approximate surface area is 116 Å². The molecule has 5 nitrogen and oxygen atoms in total. The number of sulfone groups is 1. The van der Waals surface area contributed by atoms with E-state index in [1.807, 2.05) is 12.3 Å². The summed E-state index contributed by atoms with van der Waals surface area (Å²) in [5, 5.41) is 7.62. The van der Waals surface area contributed by atoms with Gasteiger partial charge in [-0.15, -0.1) is 0 Å². The van der Waals surface area contributed by atoms with Crippen LogP contribution in [0.5, 0.6) is 0 Å². The molecular weight excluding hydrogens is 262 g/mol. The van der Waals surface area contributed by atoms with Crippen molar-refractivity contribution in [1.29, 1.82) is 0 Å². The molecule has 0 fully saturated rings. The van der Waals surface area contributed by atoms with Gasteiger partial charge in [0, 0.05) is 12.7 Å². The van der Waals surface area contributed by atoms with Gasteiger partial charge >= 0.3 is 0 Å². The lowest BCUT2D eigenvalue weighted by molar-refractivity contribution is 0.546. The molecule has 6 heteroatoms. The van der Waals surface area contributed by atoms with Crippen molar-refractivity contribution in [1.82, 2.24) is 15.1 Å². The molecule has 0 amide bonds. The molecule has 1 aromatic rings. The molecule has 0 spiro atoms. The molecule has 1 rings (SSSR count). The molecule has 1 N–H and O–H groups in total. The highest BCUT2D eigenvalue weighted by Crippen LogP contribution is 2.16. The van der Waals surface area contributed by atoms with Crippen LogP contribution < -0.4 is 5.32 Å². The van der Waals surface area contributed by atoms with E-state index in [9.17, 15) is 8.42 Å². The van der Waals surface area contributed by atoms with Gasteiger partial charge in [-0.3, -0.25) is 4.68 Å². The molecule has 0 aliphatic rings. The molecule has 0 unspecified atom stereocenters. The Balaban J connectivity index is 2.51. The molecule has 0 bridgehead atoms. The summed E-state index contributed by atoms with van der Waals surface area (Å²) in [6.07, 6.45) is 2.92. The smallest absolute Gasteiger partial charge is 0.157 e. The first-order valence-electron chi connectivity index (χ1n) is 6.71. The van der Waals surface area contributed by atoms with Crippen molar-refractivity contribution in [2.45, 2.75) is 52.0 Å². The molecule has 0 aliphatic heterocycles. The van der Waals surface area contributed by atoms with Crippen molar-refractivity contribution in [2.24, 2.45) is 0 Å². The third-order valence-electron chi connectivity index (χ3n) is 2.95. The number of aryl methyl sites for hydroxylation is 1. The van der Waals surface area contributed by atoms with Gasteiger partial charge in [-0.2, -0.15) is 5.10 Å². The fourth-order valence-corrected chi connectivity index (χ4v) is 2.58. The van der Waals surface area contributed by atoms with Gasteiger partial charge in [-0.05, 0) is 39.8 Å². The molecule has 0 saturated heterocycles. The van der Waals surface area contributed by atoms with Crippen LogP contribution >= 0.6 is 0 Å². The fraction of sp³-hybridized carbons (Fsp3) is 0.769. The van der Waals surface area contributed by atoms with Gasteiger partial charge in [0.15, 0.2) is 9.84 Å². The number of hydrogen-bond acceptors (Lipinski definition) is 4. The minimum Gasteiger partial charge on any atom is -0.311 e. The summed E-state index contributed by atoms with van der Waals surface area (Å²) in [6, 6.07) is 1.92. The second kappa shape index (κ2) is 6.52. The van der Waals surface area contributed by atoms with Crippen LogP contribution in [0.1, 0.15) is 39.8 Å². The van der Waals surface area contributed by atoms with Gasteiger partial charge in [0.25, 0.3) is 0 Å². The molecule has 0 aromatic carbocycles. The van der Waals surface area contributed by atoms with Crippen molar-refractivity contribution < 1.29 is 8.42 Å². The molecule has 110 valence electrons. The van der Waals surface area contributed by atoms with Gasteiger partial charge in [-0.1, -0.05) is 6.92 Å². The number of aromatic nitrogens is 2. The molecule has 1 heterocycles. The van der Waals surface area contributed by atoms with Crippen LogP contribution in [0.3, 0.4) is 0 Å². The van der Waals surface area contributed by atoms with Crippen LogP contribution in [-0.4, -0.2) is 35.2 Å². The fourth-order valence-electron chi connectivity index (χ4n) is 1.54. The van der Waals surface area contributed by atoms with Gasteiger partial charge in [0.1, 0.15) is 0 Å². The molecule has 0 atom stereocenters. The number of rotatable bonds is 7.